The summed E-state index contributed by atoms with van der Waals surface area (Å²) in [5, 5.41) is 0.639. The molecule has 2 fully saturated rings. The van der Waals surface area contributed by atoms with Gasteiger partial charge in [-0.25, -0.2) is 0 Å². The van der Waals surface area contributed by atoms with Crippen LogP contribution in [0.3, 0.4) is 0 Å². The number of benzene rings is 3. The molecule has 3 aromatic carbocycles. The van der Waals surface area contributed by atoms with Gasteiger partial charge in [0.25, 0.3) is 11.8 Å². The summed E-state index contributed by atoms with van der Waals surface area (Å²) < 4.78 is 23.8. The normalized spacial score (nSPS) is 19.4. The number of fused-ring (bicyclic) bond motifs is 4. The van der Waals surface area contributed by atoms with Crippen LogP contribution in [0.2, 0.25) is 0 Å². The third kappa shape index (κ3) is 5.98. The van der Waals surface area contributed by atoms with Gasteiger partial charge in [-0.1, -0.05) is 52.4 Å². The molecule has 4 heterocycles. The van der Waals surface area contributed by atoms with Gasteiger partial charge >= 0.3 is 0 Å². The van der Waals surface area contributed by atoms with Gasteiger partial charge in [-0.15, -0.1) is 0 Å². The molecule has 2 amide bonds. The Morgan fingerprint density at radius 3 is 1.54 bits per heavy atom. The summed E-state index contributed by atoms with van der Waals surface area (Å²) in [5.74, 6) is 1.70. The molecule has 11 heteroatoms. The Hall–Kier alpha value is -4.90. The lowest BCUT2D eigenvalue weighted by atomic mass is 10.1. The van der Waals surface area contributed by atoms with E-state index < -0.39 is 0 Å². The maximum absolute atomic E-state index is 13.3. The summed E-state index contributed by atoms with van der Waals surface area (Å²) in [5.41, 5.74) is 6.97. The zero-order chi connectivity index (χ0) is 33.5. The minimum absolute atomic E-state index is 0.0956. The van der Waals surface area contributed by atoms with Crippen molar-refractivity contribution in [3.63, 3.8) is 0 Å². The minimum atomic E-state index is -0.0973. The van der Waals surface area contributed by atoms with E-state index in [9.17, 15) is 9.59 Å². The number of alkyl halides is 1. The first kappa shape index (κ1) is 31.7. The van der Waals surface area contributed by atoms with Crippen LogP contribution in [0.5, 0.6) is 23.0 Å². The lowest BCUT2D eigenvalue weighted by Crippen LogP contribution is -2.35. The fourth-order valence-corrected chi connectivity index (χ4v) is 6.94. The maximum Gasteiger partial charge on any atom is 0.257 e. The number of aliphatic imine (C=N–C) groups is 2. The molecular weight excluding hydrogens is 676 g/mol. The SMILES string of the molecule is C=C1C[C@H]2C=Nc3cc(OCc4cc(CBr)cc(COc5cc6c(cc5OC)C(=O)N5CC(=C)C[C@@H]5C=N6)c4)c(OC)cc3C(=O)N2C1. The number of nitrogens with zero attached hydrogens (tertiary/aromatic N) is 4. The zero-order valence-corrected chi connectivity index (χ0v) is 28.4. The van der Waals surface area contributed by atoms with Crippen molar-refractivity contribution in [2.45, 2.75) is 43.5 Å². The fraction of sp³-hybridized carbons (Fsp3) is 0.297. The summed E-state index contributed by atoms with van der Waals surface area (Å²) in [4.78, 5) is 39.6. The molecule has 7 rings (SSSR count). The summed E-state index contributed by atoms with van der Waals surface area (Å²) in [6, 6.07) is 12.9. The Balaban J connectivity index is 1.09. The van der Waals surface area contributed by atoms with Crippen molar-refractivity contribution in [3.8, 4) is 23.0 Å². The van der Waals surface area contributed by atoms with Gasteiger partial charge in [0.05, 0.1) is 48.8 Å². The van der Waals surface area contributed by atoms with E-state index in [1.54, 1.807) is 48.3 Å². The van der Waals surface area contributed by atoms with Crippen molar-refractivity contribution >= 4 is 51.5 Å². The first-order chi connectivity index (χ1) is 23.2. The highest BCUT2D eigenvalue weighted by molar-refractivity contribution is 9.08. The van der Waals surface area contributed by atoms with Crippen molar-refractivity contribution < 1.29 is 28.5 Å². The van der Waals surface area contributed by atoms with Gasteiger partial charge in [0.15, 0.2) is 23.0 Å². The lowest BCUT2D eigenvalue weighted by Gasteiger charge is -2.20. The van der Waals surface area contributed by atoms with Gasteiger partial charge < -0.3 is 28.7 Å². The molecule has 4 aliphatic rings. The van der Waals surface area contributed by atoms with E-state index in [-0.39, 0.29) is 37.1 Å². The van der Waals surface area contributed by atoms with Crippen molar-refractivity contribution in [3.05, 3.63) is 94.6 Å². The molecule has 0 unspecified atom stereocenters. The Morgan fingerprint density at radius 2 is 1.12 bits per heavy atom. The summed E-state index contributed by atoms with van der Waals surface area (Å²) in [7, 11) is 3.11. The van der Waals surface area contributed by atoms with Crippen LogP contribution in [0.25, 0.3) is 0 Å². The second-order valence-electron chi connectivity index (χ2n) is 12.4. The fourth-order valence-electron chi connectivity index (χ4n) is 6.62. The van der Waals surface area contributed by atoms with E-state index in [4.69, 9.17) is 18.9 Å². The van der Waals surface area contributed by atoms with Gasteiger partial charge in [0, 0.05) is 43.0 Å². The standard InChI is InChI=1S/C37H35BrN4O6/c1-21-5-26-15-39-30-12-34(32(45-3)10-28(30)36(43)41(26)17-21)47-19-24-7-23(14-38)8-25(9-24)20-48-35-13-31-29(11-33(35)46-4)37(44)42-18-22(2)6-27(42)16-40-31/h7-13,15-16,26-27H,1-2,5-6,14,17-20H2,3-4H3/t26-,27+. The molecule has 0 aliphatic carbocycles. The van der Waals surface area contributed by atoms with Crippen LogP contribution in [-0.4, -0.2) is 73.4 Å². The van der Waals surface area contributed by atoms with Crippen molar-refractivity contribution in [2.24, 2.45) is 9.98 Å². The largest absolute Gasteiger partial charge is 0.493 e. The van der Waals surface area contributed by atoms with Crippen LogP contribution in [0.4, 0.5) is 11.4 Å². The molecule has 246 valence electrons. The molecule has 0 radical (unpaired) electrons. The Labute approximate surface area is 287 Å². The second kappa shape index (κ2) is 13.0. The van der Waals surface area contributed by atoms with Gasteiger partial charge in [-0.2, -0.15) is 0 Å². The number of hydrogen-bond donors (Lipinski definition) is 0. The van der Waals surface area contributed by atoms with Gasteiger partial charge in [0.1, 0.15) is 13.2 Å². The average molecular weight is 712 g/mol. The molecule has 48 heavy (non-hydrogen) atoms. The van der Waals surface area contributed by atoms with Crippen molar-refractivity contribution in [1.29, 1.82) is 0 Å². The Morgan fingerprint density at radius 1 is 0.688 bits per heavy atom. The second-order valence-corrected chi connectivity index (χ2v) is 12.9. The van der Waals surface area contributed by atoms with E-state index >= 15 is 0 Å². The third-order valence-corrected chi connectivity index (χ3v) is 9.60. The molecule has 2 atom stereocenters. The highest BCUT2D eigenvalue weighted by atomic mass is 79.9. The number of halogens is 1. The van der Waals surface area contributed by atoms with Crippen LogP contribution in [0.15, 0.2) is 76.8 Å². The Bertz CT molecular complexity index is 1790. The predicted octanol–water partition coefficient (Wildman–Crippen LogP) is 6.73. The number of carbonyl (C=O) groups excluding carboxylic acids is 2. The number of ether oxygens (including phenoxy) is 4. The van der Waals surface area contributed by atoms with Crippen LogP contribution < -0.4 is 18.9 Å². The number of methoxy groups -OCH3 is 2. The molecule has 10 nitrogen and oxygen atoms in total. The maximum atomic E-state index is 13.3. The summed E-state index contributed by atoms with van der Waals surface area (Å²) >= 11 is 3.58. The van der Waals surface area contributed by atoms with Gasteiger partial charge in [-0.3, -0.25) is 19.6 Å². The van der Waals surface area contributed by atoms with Crippen molar-refractivity contribution in [1.82, 2.24) is 9.80 Å². The molecule has 0 N–H and O–H groups in total. The molecule has 2 saturated heterocycles. The topological polar surface area (TPSA) is 102 Å². The highest BCUT2D eigenvalue weighted by Gasteiger charge is 2.35. The minimum Gasteiger partial charge on any atom is -0.493 e. The summed E-state index contributed by atoms with van der Waals surface area (Å²) in [6.07, 6.45) is 5.05. The molecular formula is C37H35BrN4O6. The van der Waals surface area contributed by atoms with E-state index in [0.29, 0.717) is 76.8 Å². The predicted molar refractivity (Wildman–Crippen MR) is 187 cm³/mol. The first-order valence-corrected chi connectivity index (χ1v) is 16.8. The first-order valence-electron chi connectivity index (χ1n) is 15.7. The number of amides is 2. The number of rotatable bonds is 9. The van der Waals surface area contributed by atoms with Crippen molar-refractivity contribution in [2.75, 3.05) is 27.3 Å². The molecule has 4 aliphatic heterocycles. The van der Waals surface area contributed by atoms with Gasteiger partial charge in [-0.05, 0) is 47.7 Å². The summed E-state index contributed by atoms with van der Waals surface area (Å²) in [6.45, 7) is 9.64. The Kier molecular flexibility index (Phi) is 8.55. The van der Waals surface area contributed by atoms with Crippen LogP contribution in [0.1, 0.15) is 50.2 Å². The van der Waals surface area contributed by atoms with Crippen LogP contribution in [-0.2, 0) is 18.5 Å². The number of carbonyl (C=O) groups is 2. The quantitative estimate of drug-likeness (QED) is 0.180. The van der Waals surface area contributed by atoms with E-state index in [2.05, 4.69) is 51.2 Å². The number of hydrogen-bond acceptors (Lipinski definition) is 8. The molecule has 3 aromatic rings. The zero-order valence-electron chi connectivity index (χ0n) is 26.8. The lowest BCUT2D eigenvalue weighted by molar-refractivity contribution is 0.0769. The van der Waals surface area contributed by atoms with Crippen LogP contribution in [0, 0.1) is 0 Å². The monoisotopic (exact) mass is 710 g/mol. The van der Waals surface area contributed by atoms with E-state index in [1.165, 1.54) is 0 Å². The van der Waals surface area contributed by atoms with Crippen LogP contribution >= 0.6 is 15.9 Å². The molecule has 0 spiro atoms. The van der Waals surface area contributed by atoms with Gasteiger partial charge in [0.2, 0.25) is 0 Å². The van der Waals surface area contributed by atoms with E-state index in [0.717, 1.165) is 27.8 Å². The third-order valence-electron chi connectivity index (χ3n) is 8.96. The average Bonchev–Trinajstić information content (AvgIpc) is 3.60. The smallest absolute Gasteiger partial charge is 0.257 e. The van der Waals surface area contributed by atoms with E-state index in [1.807, 2.05) is 18.5 Å². The molecule has 0 aromatic heterocycles. The molecule has 0 bridgehead atoms. The molecule has 0 saturated carbocycles. The highest BCUT2D eigenvalue weighted by Crippen LogP contribution is 2.40.